The van der Waals surface area contributed by atoms with E-state index in [-0.39, 0.29) is 12.2 Å². The molecule has 0 bridgehead atoms. The fourth-order valence-electron chi connectivity index (χ4n) is 5.36. The van der Waals surface area contributed by atoms with Crippen molar-refractivity contribution < 1.29 is 15.0 Å². The van der Waals surface area contributed by atoms with Crippen molar-refractivity contribution >= 4 is 5.78 Å². The molecule has 0 amide bonds. The molecule has 0 saturated heterocycles. The maximum atomic E-state index is 12.9. The molecule has 3 nitrogen and oxygen atoms in total. The van der Waals surface area contributed by atoms with Crippen LogP contribution in [0.15, 0.2) is 140 Å². The number of ketones is 1. The lowest BCUT2D eigenvalue weighted by Crippen LogP contribution is -2.36. The SMILES string of the molecule is CC(O)(CC(O)(CCc1ccc(-c2cccc(C(=O)c3ccccc3)c2)cc1)c1ccccc1)c1ccccc1. The quantitative estimate of drug-likeness (QED) is 0.183. The second kappa shape index (κ2) is 11.8. The van der Waals surface area contributed by atoms with E-state index in [9.17, 15) is 15.0 Å². The van der Waals surface area contributed by atoms with Crippen molar-refractivity contribution in [3.8, 4) is 11.1 Å². The van der Waals surface area contributed by atoms with Crippen LogP contribution in [0.1, 0.15) is 52.4 Å². The van der Waals surface area contributed by atoms with E-state index < -0.39 is 11.2 Å². The van der Waals surface area contributed by atoms with E-state index in [2.05, 4.69) is 24.3 Å². The fraction of sp³-hybridized carbons (Fsp3) is 0.162. The number of rotatable bonds is 10. The van der Waals surface area contributed by atoms with Gasteiger partial charge in [-0.2, -0.15) is 0 Å². The second-order valence-electron chi connectivity index (χ2n) is 10.7. The van der Waals surface area contributed by atoms with Gasteiger partial charge in [0, 0.05) is 17.5 Å². The molecule has 0 spiro atoms. The first-order chi connectivity index (χ1) is 19.3. The van der Waals surface area contributed by atoms with Gasteiger partial charge in [0.1, 0.15) is 0 Å². The lowest BCUT2D eigenvalue weighted by atomic mass is 9.77. The van der Waals surface area contributed by atoms with Crippen LogP contribution in [0.5, 0.6) is 0 Å². The van der Waals surface area contributed by atoms with Gasteiger partial charge in [-0.1, -0.05) is 133 Å². The van der Waals surface area contributed by atoms with E-state index in [0.717, 1.165) is 27.8 Å². The van der Waals surface area contributed by atoms with Gasteiger partial charge < -0.3 is 10.2 Å². The zero-order chi connectivity index (χ0) is 28.0. The van der Waals surface area contributed by atoms with E-state index >= 15 is 0 Å². The molecule has 2 atom stereocenters. The maximum absolute atomic E-state index is 12.9. The highest BCUT2D eigenvalue weighted by Crippen LogP contribution is 2.39. The third-order valence-electron chi connectivity index (χ3n) is 7.62. The summed E-state index contributed by atoms with van der Waals surface area (Å²) in [5.41, 5.74) is 3.59. The zero-order valence-electron chi connectivity index (χ0n) is 22.7. The highest BCUT2D eigenvalue weighted by molar-refractivity contribution is 6.09. The third-order valence-corrected chi connectivity index (χ3v) is 7.62. The maximum Gasteiger partial charge on any atom is 0.193 e. The number of benzene rings is 5. The molecule has 3 heteroatoms. The molecule has 2 unspecified atom stereocenters. The van der Waals surface area contributed by atoms with Crippen LogP contribution in [0.3, 0.4) is 0 Å². The molecule has 0 aliphatic rings. The molecule has 0 aliphatic heterocycles. The van der Waals surface area contributed by atoms with Gasteiger partial charge in [0.05, 0.1) is 11.2 Å². The summed E-state index contributed by atoms with van der Waals surface area (Å²) >= 11 is 0. The molecule has 5 aromatic rings. The van der Waals surface area contributed by atoms with Crippen LogP contribution in [-0.4, -0.2) is 16.0 Å². The van der Waals surface area contributed by atoms with Crippen LogP contribution in [-0.2, 0) is 17.6 Å². The minimum absolute atomic E-state index is 0.00523. The van der Waals surface area contributed by atoms with Crippen molar-refractivity contribution in [2.24, 2.45) is 0 Å². The number of aliphatic hydroxyl groups is 2. The Hall–Kier alpha value is -4.31. The molecule has 200 valence electrons. The van der Waals surface area contributed by atoms with Gasteiger partial charge in [-0.15, -0.1) is 0 Å². The van der Waals surface area contributed by atoms with Gasteiger partial charge in [0.15, 0.2) is 5.78 Å². The van der Waals surface area contributed by atoms with Crippen molar-refractivity contribution in [1.82, 2.24) is 0 Å². The average molecular weight is 527 g/mol. The molecule has 0 aliphatic carbocycles. The van der Waals surface area contributed by atoms with Crippen molar-refractivity contribution in [2.45, 2.75) is 37.4 Å². The summed E-state index contributed by atoms with van der Waals surface area (Å²) in [4.78, 5) is 12.9. The highest BCUT2D eigenvalue weighted by atomic mass is 16.3. The Morgan fingerprint density at radius 1 is 0.600 bits per heavy atom. The Kier molecular flexibility index (Phi) is 8.06. The molecule has 0 radical (unpaired) electrons. The Bertz CT molecular complexity index is 1540. The van der Waals surface area contributed by atoms with E-state index in [4.69, 9.17) is 0 Å². The lowest BCUT2D eigenvalue weighted by Gasteiger charge is -2.36. The van der Waals surface area contributed by atoms with Crippen LogP contribution in [0.25, 0.3) is 11.1 Å². The number of hydrogen-bond acceptors (Lipinski definition) is 3. The first kappa shape index (κ1) is 27.3. The molecule has 5 aromatic carbocycles. The summed E-state index contributed by atoms with van der Waals surface area (Å²) in [6.45, 7) is 1.77. The molecular formula is C37H34O3. The third kappa shape index (κ3) is 6.28. The van der Waals surface area contributed by atoms with Crippen molar-refractivity contribution in [3.05, 3.63) is 167 Å². The summed E-state index contributed by atoms with van der Waals surface area (Å²) in [7, 11) is 0. The van der Waals surface area contributed by atoms with Crippen LogP contribution >= 0.6 is 0 Å². The molecule has 0 saturated carbocycles. The molecule has 2 N–H and O–H groups in total. The first-order valence-electron chi connectivity index (χ1n) is 13.7. The van der Waals surface area contributed by atoms with Gasteiger partial charge in [-0.05, 0) is 53.6 Å². The number of carbonyl (C=O) groups excluding carboxylic acids is 1. The predicted molar refractivity (Wildman–Crippen MR) is 161 cm³/mol. The van der Waals surface area contributed by atoms with E-state index in [1.54, 1.807) is 6.92 Å². The normalized spacial score (nSPS) is 14.2. The summed E-state index contributed by atoms with van der Waals surface area (Å²) in [5.74, 6) is 0.00523. The Morgan fingerprint density at radius 3 is 1.77 bits per heavy atom. The number of aryl methyl sites for hydroxylation is 1. The van der Waals surface area contributed by atoms with Gasteiger partial charge >= 0.3 is 0 Å². The van der Waals surface area contributed by atoms with Gasteiger partial charge in [0.25, 0.3) is 0 Å². The summed E-state index contributed by atoms with van der Waals surface area (Å²) in [6, 6.07) is 44.4. The predicted octanol–water partition coefficient (Wildman–Crippen LogP) is 7.70. The summed E-state index contributed by atoms with van der Waals surface area (Å²) in [6.07, 6.45) is 1.28. The molecule has 0 heterocycles. The Morgan fingerprint density at radius 2 is 1.15 bits per heavy atom. The minimum atomic E-state index is -1.22. The standard InChI is InChI=1S/C37H34O3/c1-36(39,33-16-7-3-8-17-33)27-37(40,34-18-9-4-10-19-34)25-24-28-20-22-29(23-21-28)31-14-11-15-32(26-31)35(38)30-12-5-2-6-13-30/h2-23,26,39-40H,24-25,27H2,1H3. The highest BCUT2D eigenvalue weighted by Gasteiger charge is 2.38. The summed E-state index contributed by atoms with van der Waals surface area (Å²) in [5, 5.41) is 23.4. The largest absolute Gasteiger partial charge is 0.385 e. The smallest absolute Gasteiger partial charge is 0.193 e. The van der Waals surface area contributed by atoms with Crippen LogP contribution in [0.2, 0.25) is 0 Å². The van der Waals surface area contributed by atoms with Crippen LogP contribution in [0.4, 0.5) is 0 Å². The molecule has 40 heavy (non-hydrogen) atoms. The first-order valence-corrected chi connectivity index (χ1v) is 13.7. The fourth-order valence-corrected chi connectivity index (χ4v) is 5.36. The Balaban J connectivity index is 1.33. The molecular weight excluding hydrogens is 492 g/mol. The van der Waals surface area contributed by atoms with Gasteiger partial charge in [-0.3, -0.25) is 4.79 Å². The van der Waals surface area contributed by atoms with E-state index in [0.29, 0.717) is 24.0 Å². The second-order valence-corrected chi connectivity index (χ2v) is 10.7. The van der Waals surface area contributed by atoms with E-state index in [1.807, 2.05) is 115 Å². The molecule has 0 aromatic heterocycles. The number of carbonyl (C=O) groups is 1. The number of hydrogen-bond donors (Lipinski definition) is 2. The summed E-state index contributed by atoms with van der Waals surface area (Å²) < 4.78 is 0. The monoisotopic (exact) mass is 526 g/mol. The minimum Gasteiger partial charge on any atom is -0.385 e. The topological polar surface area (TPSA) is 57.5 Å². The molecule has 5 rings (SSSR count). The molecule has 0 fully saturated rings. The zero-order valence-corrected chi connectivity index (χ0v) is 22.7. The van der Waals surface area contributed by atoms with E-state index in [1.165, 1.54) is 0 Å². The van der Waals surface area contributed by atoms with Crippen LogP contribution in [0, 0.1) is 0 Å². The lowest BCUT2D eigenvalue weighted by molar-refractivity contribution is -0.0676. The van der Waals surface area contributed by atoms with Gasteiger partial charge in [-0.25, -0.2) is 0 Å². The Labute approximate surface area is 236 Å². The average Bonchev–Trinajstić information content (AvgIpc) is 3.01. The van der Waals surface area contributed by atoms with Crippen molar-refractivity contribution in [3.63, 3.8) is 0 Å². The van der Waals surface area contributed by atoms with Crippen LogP contribution < -0.4 is 0 Å². The van der Waals surface area contributed by atoms with Gasteiger partial charge in [0.2, 0.25) is 0 Å². The van der Waals surface area contributed by atoms with Crippen molar-refractivity contribution in [2.75, 3.05) is 0 Å². The van der Waals surface area contributed by atoms with Crippen molar-refractivity contribution in [1.29, 1.82) is 0 Å².